The lowest BCUT2D eigenvalue weighted by molar-refractivity contribution is 0.0950. The maximum absolute atomic E-state index is 12.0. The third kappa shape index (κ3) is 3.73. The second-order valence-corrected chi connectivity index (χ2v) is 4.48. The quantitative estimate of drug-likeness (QED) is 0.930. The fourth-order valence-corrected chi connectivity index (χ4v) is 1.91. The molecule has 0 heterocycles. The minimum absolute atomic E-state index is 0.140. The highest BCUT2D eigenvalue weighted by atomic mass is 35.5. The van der Waals surface area contributed by atoms with Crippen LogP contribution in [0.1, 0.15) is 15.9 Å². The minimum atomic E-state index is -0.140. The fraction of sp³-hybridized carbons (Fsp3) is 0.133. The van der Waals surface area contributed by atoms with Gasteiger partial charge in [-0.05, 0) is 35.9 Å². The molecule has 0 aliphatic heterocycles. The number of carbonyl (C=O) groups is 1. The molecular formula is C15H14ClNO2. The smallest absolute Gasteiger partial charge is 0.251 e. The van der Waals surface area contributed by atoms with E-state index in [0.717, 1.165) is 5.56 Å². The summed E-state index contributed by atoms with van der Waals surface area (Å²) in [6, 6.07) is 14.4. The standard InChI is InChI=1S/C15H14ClNO2/c1-19-14-7-3-5-12(9-14)15(18)17-10-11-4-2-6-13(16)8-11/h2-9H,10H2,1H3,(H,17,18). The van der Waals surface area contributed by atoms with E-state index >= 15 is 0 Å². The van der Waals surface area contributed by atoms with Gasteiger partial charge >= 0.3 is 0 Å². The van der Waals surface area contributed by atoms with Crippen molar-refractivity contribution in [2.24, 2.45) is 0 Å². The van der Waals surface area contributed by atoms with E-state index in [4.69, 9.17) is 16.3 Å². The molecule has 0 spiro atoms. The van der Waals surface area contributed by atoms with E-state index in [-0.39, 0.29) is 5.91 Å². The van der Waals surface area contributed by atoms with Gasteiger partial charge in [0.25, 0.3) is 5.91 Å². The van der Waals surface area contributed by atoms with Gasteiger partial charge in [0.2, 0.25) is 0 Å². The number of carbonyl (C=O) groups excluding carboxylic acids is 1. The van der Waals surface area contributed by atoms with Crippen molar-refractivity contribution in [2.75, 3.05) is 7.11 Å². The van der Waals surface area contributed by atoms with E-state index in [1.165, 1.54) is 0 Å². The largest absolute Gasteiger partial charge is 0.497 e. The molecule has 19 heavy (non-hydrogen) atoms. The highest BCUT2D eigenvalue weighted by molar-refractivity contribution is 6.30. The third-order valence-corrected chi connectivity index (χ3v) is 2.91. The molecule has 0 aliphatic carbocycles. The van der Waals surface area contributed by atoms with E-state index in [9.17, 15) is 4.79 Å². The Kier molecular flexibility index (Phi) is 4.42. The molecule has 0 bridgehead atoms. The van der Waals surface area contributed by atoms with Crippen LogP contribution in [0.3, 0.4) is 0 Å². The lowest BCUT2D eigenvalue weighted by Crippen LogP contribution is -2.22. The molecular weight excluding hydrogens is 262 g/mol. The van der Waals surface area contributed by atoms with Crippen LogP contribution in [0.5, 0.6) is 5.75 Å². The van der Waals surface area contributed by atoms with Gasteiger partial charge in [-0.15, -0.1) is 0 Å². The van der Waals surface area contributed by atoms with E-state index in [0.29, 0.717) is 22.9 Å². The number of benzene rings is 2. The van der Waals surface area contributed by atoms with E-state index in [1.54, 1.807) is 37.4 Å². The van der Waals surface area contributed by atoms with E-state index < -0.39 is 0 Å². The number of hydrogen-bond acceptors (Lipinski definition) is 2. The molecule has 0 aliphatic rings. The lowest BCUT2D eigenvalue weighted by atomic mass is 10.2. The number of amides is 1. The summed E-state index contributed by atoms with van der Waals surface area (Å²) in [5.41, 5.74) is 1.53. The van der Waals surface area contributed by atoms with Crippen molar-refractivity contribution < 1.29 is 9.53 Å². The Balaban J connectivity index is 2.01. The number of ether oxygens (including phenoxy) is 1. The van der Waals surface area contributed by atoms with Gasteiger partial charge < -0.3 is 10.1 Å². The number of hydrogen-bond donors (Lipinski definition) is 1. The molecule has 0 atom stereocenters. The molecule has 2 aromatic carbocycles. The van der Waals surface area contributed by atoms with Crippen molar-refractivity contribution >= 4 is 17.5 Å². The van der Waals surface area contributed by atoms with Gasteiger partial charge in [-0.1, -0.05) is 29.8 Å². The predicted molar refractivity (Wildman–Crippen MR) is 75.6 cm³/mol. The summed E-state index contributed by atoms with van der Waals surface area (Å²) in [6.45, 7) is 0.441. The maximum Gasteiger partial charge on any atom is 0.251 e. The number of rotatable bonds is 4. The SMILES string of the molecule is COc1cccc(C(=O)NCc2cccc(Cl)c2)c1. The summed E-state index contributed by atoms with van der Waals surface area (Å²) in [7, 11) is 1.57. The molecule has 2 rings (SSSR count). The lowest BCUT2D eigenvalue weighted by Gasteiger charge is -2.07. The second-order valence-electron chi connectivity index (χ2n) is 4.04. The molecule has 0 fully saturated rings. The van der Waals surface area contributed by atoms with Crippen LogP contribution < -0.4 is 10.1 Å². The first kappa shape index (κ1) is 13.4. The van der Waals surface area contributed by atoms with Crippen LogP contribution >= 0.6 is 11.6 Å². The highest BCUT2D eigenvalue weighted by Crippen LogP contribution is 2.13. The van der Waals surface area contributed by atoms with Crippen molar-refractivity contribution in [3.05, 3.63) is 64.7 Å². The van der Waals surface area contributed by atoms with Gasteiger partial charge in [0.05, 0.1) is 7.11 Å². The van der Waals surface area contributed by atoms with Crippen LogP contribution in [-0.4, -0.2) is 13.0 Å². The zero-order valence-corrected chi connectivity index (χ0v) is 11.3. The summed E-state index contributed by atoms with van der Waals surface area (Å²) in [4.78, 5) is 12.0. The molecule has 3 nitrogen and oxygen atoms in total. The van der Waals surface area contributed by atoms with Gasteiger partial charge in [-0.2, -0.15) is 0 Å². The van der Waals surface area contributed by atoms with Crippen molar-refractivity contribution in [1.82, 2.24) is 5.32 Å². The second kappa shape index (κ2) is 6.25. The monoisotopic (exact) mass is 275 g/mol. The van der Waals surface area contributed by atoms with Gasteiger partial charge in [0, 0.05) is 17.1 Å². The van der Waals surface area contributed by atoms with Crippen LogP contribution in [0.4, 0.5) is 0 Å². The third-order valence-electron chi connectivity index (χ3n) is 2.67. The summed E-state index contributed by atoms with van der Waals surface area (Å²) in [5, 5.41) is 3.50. The van der Waals surface area contributed by atoms with E-state index in [2.05, 4.69) is 5.32 Å². The molecule has 0 radical (unpaired) electrons. The highest BCUT2D eigenvalue weighted by Gasteiger charge is 2.06. The Bertz CT molecular complexity index is 584. The summed E-state index contributed by atoms with van der Waals surface area (Å²) < 4.78 is 5.09. The number of halogens is 1. The van der Waals surface area contributed by atoms with Crippen LogP contribution in [0.15, 0.2) is 48.5 Å². The molecule has 0 saturated heterocycles. The van der Waals surface area contributed by atoms with Crippen molar-refractivity contribution in [1.29, 1.82) is 0 Å². The van der Waals surface area contributed by atoms with Crippen LogP contribution in [0.25, 0.3) is 0 Å². The van der Waals surface area contributed by atoms with Gasteiger partial charge in [0.15, 0.2) is 0 Å². The molecule has 1 N–H and O–H groups in total. The van der Waals surface area contributed by atoms with Gasteiger partial charge in [0.1, 0.15) is 5.75 Å². The molecule has 0 saturated carbocycles. The summed E-state index contributed by atoms with van der Waals surface area (Å²) in [6.07, 6.45) is 0. The predicted octanol–water partition coefficient (Wildman–Crippen LogP) is 3.28. The zero-order chi connectivity index (χ0) is 13.7. The van der Waals surface area contributed by atoms with Crippen molar-refractivity contribution in [3.8, 4) is 5.75 Å². The first-order chi connectivity index (χ1) is 9.19. The first-order valence-electron chi connectivity index (χ1n) is 5.86. The molecule has 2 aromatic rings. The topological polar surface area (TPSA) is 38.3 Å². The Morgan fingerprint density at radius 3 is 2.74 bits per heavy atom. The Morgan fingerprint density at radius 1 is 1.21 bits per heavy atom. The minimum Gasteiger partial charge on any atom is -0.497 e. The molecule has 98 valence electrons. The Labute approximate surface area is 117 Å². The first-order valence-corrected chi connectivity index (χ1v) is 6.23. The van der Waals surface area contributed by atoms with Gasteiger partial charge in [-0.25, -0.2) is 0 Å². The average molecular weight is 276 g/mol. The summed E-state index contributed by atoms with van der Waals surface area (Å²) in [5.74, 6) is 0.522. The normalized spacial score (nSPS) is 10.0. The van der Waals surface area contributed by atoms with Crippen LogP contribution in [-0.2, 0) is 6.54 Å². The van der Waals surface area contributed by atoms with Crippen LogP contribution in [0, 0.1) is 0 Å². The van der Waals surface area contributed by atoms with Crippen LogP contribution in [0.2, 0.25) is 5.02 Å². The van der Waals surface area contributed by atoms with Crippen molar-refractivity contribution in [2.45, 2.75) is 6.54 Å². The number of nitrogens with one attached hydrogen (secondary N) is 1. The van der Waals surface area contributed by atoms with Gasteiger partial charge in [-0.3, -0.25) is 4.79 Å². The molecule has 1 amide bonds. The fourth-order valence-electron chi connectivity index (χ4n) is 1.70. The van der Waals surface area contributed by atoms with Crippen molar-refractivity contribution in [3.63, 3.8) is 0 Å². The van der Waals surface area contributed by atoms with E-state index in [1.807, 2.05) is 18.2 Å². The Hall–Kier alpha value is -2.00. The number of methoxy groups -OCH3 is 1. The molecule has 4 heteroatoms. The average Bonchev–Trinajstić information content (AvgIpc) is 2.45. The Morgan fingerprint density at radius 2 is 2.00 bits per heavy atom. The molecule has 0 unspecified atom stereocenters. The maximum atomic E-state index is 12.0. The summed E-state index contributed by atoms with van der Waals surface area (Å²) >= 11 is 5.89. The zero-order valence-electron chi connectivity index (χ0n) is 10.5. The molecule has 0 aromatic heterocycles.